The summed E-state index contributed by atoms with van der Waals surface area (Å²) in [6, 6.07) is 10.3. The Hall–Kier alpha value is -1.95. The van der Waals surface area contributed by atoms with Gasteiger partial charge in [-0.2, -0.15) is 0 Å². The zero-order valence-electron chi connectivity index (χ0n) is 13.5. The second-order valence-electron chi connectivity index (χ2n) is 6.68. The topological polar surface area (TPSA) is 58.1 Å². The molecule has 0 aliphatic heterocycles. The molecular weight excluding hydrogens is 308 g/mol. The SMILES string of the molecule is CC1(C)CCC[C@H]1N(Cc1ccccc1)C(=O)Nc1nncs1. The molecule has 1 atom stereocenters. The highest BCUT2D eigenvalue weighted by molar-refractivity contribution is 7.13. The molecule has 3 rings (SSSR count). The predicted octanol–water partition coefficient (Wildman–Crippen LogP) is 4.15. The van der Waals surface area contributed by atoms with Gasteiger partial charge in [-0.25, -0.2) is 4.79 Å². The number of nitrogens with zero attached hydrogens (tertiary/aromatic N) is 3. The number of aromatic nitrogens is 2. The Morgan fingerprint density at radius 1 is 1.39 bits per heavy atom. The Labute approximate surface area is 140 Å². The molecular formula is C17H22N4OS. The van der Waals surface area contributed by atoms with Crippen molar-refractivity contribution in [3.63, 3.8) is 0 Å². The molecule has 0 bridgehead atoms. The molecule has 1 fully saturated rings. The summed E-state index contributed by atoms with van der Waals surface area (Å²) in [7, 11) is 0. The lowest BCUT2D eigenvalue weighted by atomic mass is 9.86. The van der Waals surface area contributed by atoms with Crippen molar-refractivity contribution >= 4 is 22.5 Å². The van der Waals surface area contributed by atoms with Crippen LogP contribution < -0.4 is 5.32 Å². The van der Waals surface area contributed by atoms with E-state index in [-0.39, 0.29) is 17.5 Å². The number of carbonyl (C=O) groups is 1. The molecule has 6 heteroatoms. The Kier molecular flexibility index (Phi) is 4.61. The highest BCUT2D eigenvalue weighted by Crippen LogP contribution is 2.41. The van der Waals surface area contributed by atoms with Crippen LogP contribution in [0.4, 0.5) is 9.93 Å². The number of rotatable bonds is 4. The van der Waals surface area contributed by atoms with Gasteiger partial charge in [0.05, 0.1) is 0 Å². The van der Waals surface area contributed by atoms with Gasteiger partial charge in [-0.15, -0.1) is 10.2 Å². The van der Waals surface area contributed by atoms with Crippen LogP contribution in [0, 0.1) is 5.41 Å². The summed E-state index contributed by atoms with van der Waals surface area (Å²) in [5.41, 5.74) is 2.90. The van der Waals surface area contributed by atoms with Crippen LogP contribution in [0.2, 0.25) is 0 Å². The molecule has 122 valence electrons. The number of carbonyl (C=O) groups excluding carboxylic acids is 1. The number of hydrogen-bond donors (Lipinski definition) is 1. The number of amides is 2. The largest absolute Gasteiger partial charge is 0.324 e. The smallest absolute Gasteiger partial charge is 0.317 e. The molecule has 1 aliphatic carbocycles. The maximum atomic E-state index is 12.8. The number of nitrogens with one attached hydrogen (secondary N) is 1. The predicted molar refractivity (Wildman–Crippen MR) is 92.3 cm³/mol. The summed E-state index contributed by atoms with van der Waals surface area (Å²) in [6.07, 6.45) is 3.35. The minimum absolute atomic E-state index is 0.0921. The standard InChI is InChI=1S/C17H22N4OS/c1-17(2)10-6-9-14(17)21(11-13-7-4-3-5-8-13)16(22)19-15-20-18-12-23-15/h3-5,7-8,12,14H,6,9-11H2,1-2H3,(H,19,20,22)/t14-/m1/s1. The van der Waals surface area contributed by atoms with Crippen molar-refractivity contribution in [1.29, 1.82) is 0 Å². The van der Waals surface area contributed by atoms with Gasteiger partial charge in [-0.3, -0.25) is 5.32 Å². The molecule has 1 aromatic carbocycles. The average Bonchev–Trinajstić information content (AvgIpc) is 3.15. The molecule has 1 N–H and O–H groups in total. The van der Waals surface area contributed by atoms with Gasteiger partial charge in [0.25, 0.3) is 0 Å². The van der Waals surface area contributed by atoms with Gasteiger partial charge < -0.3 is 4.90 Å². The zero-order valence-corrected chi connectivity index (χ0v) is 14.3. The van der Waals surface area contributed by atoms with Crippen molar-refractivity contribution < 1.29 is 4.79 Å². The van der Waals surface area contributed by atoms with Gasteiger partial charge in [-0.05, 0) is 23.8 Å². The fourth-order valence-corrected chi connectivity index (χ4v) is 3.82. The van der Waals surface area contributed by atoms with Crippen LogP contribution in [0.25, 0.3) is 0 Å². The molecule has 0 spiro atoms. The number of anilines is 1. The monoisotopic (exact) mass is 330 g/mol. The summed E-state index contributed by atoms with van der Waals surface area (Å²) in [5, 5.41) is 11.1. The third-order valence-corrected chi connectivity index (χ3v) is 5.21. The van der Waals surface area contributed by atoms with Gasteiger partial charge in [-0.1, -0.05) is 61.9 Å². The average molecular weight is 330 g/mol. The molecule has 1 aliphatic rings. The molecule has 0 radical (unpaired) electrons. The molecule has 2 amide bonds. The maximum Gasteiger partial charge on any atom is 0.324 e. The Balaban J connectivity index is 1.82. The van der Waals surface area contributed by atoms with Crippen molar-refractivity contribution in [2.45, 2.75) is 45.7 Å². The van der Waals surface area contributed by atoms with Crippen LogP contribution in [-0.2, 0) is 6.54 Å². The van der Waals surface area contributed by atoms with E-state index in [1.54, 1.807) is 5.51 Å². The van der Waals surface area contributed by atoms with Gasteiger partial charge in [0, 0.05) is 12.6 Å². The minimum atomic E-state index is -0.0921. The summed E-state index contributed by atoms with van der Waals surface area (Å²) < 4.78 is 0. The third-order valence-electron chi connectivity index (χ3n) is 4.61. The lowest BCUT2D eigenvalue weighted by Crippen LogP contribution is -2.47. The molecule has 0 unspecified atom stereocenters. The van der Waals surface area contributed by atoms with E-state index in [1.165, 1.54) is 11.3 Å². The number of benzene rings is 1. The van der Waals surface area contributed by atoms with Gasteiger partial charge in [0.15, 0.2) is 0 Å². The Morgan fingerprint density at radius 2 is 2.17 bits per heavy atom. The van der Waals surface area contributed by atoms with Crippen LogP contribution in [0.5, 0.6) is 0 Å². The highest BCUT2D eigenvalue weighted by atomic mass is 32.1. The van der Waals surface area contributed by atoms with E-state index >= 15 is 0 Å². The fraction of sp³-hybridized carbons (Fsp3) is 0.471. The first kappa shape index (κ1) is 15.9. The molecule has 1 heterocycles. The van der Waals surface area contributed by atoms with Crippen LogP contribution in [0.15, 0.2) is 35.8 Å². The molecule has 1 aromatic heterocycles. The maximum absolute atomic E-state index is 12.8. The van der Waals surface area contributed by atoms with E-state index in [2.05, 4.69) is 41.5 Å². The summed E-state index contributed by atoms with van der Waals surface area (Å²) in [5.74, 6) is 0. The first-order valence-corrected chi connectivity index (χ1v) is 8.82. The first-order valence-electron chi connectivity index (χ1n) is 7.94. The summed E-state index contributed by atoms with van der Waals surface area (Å²) in [6.45, 7) is 5.11. The van der Waals surface area contributed by atoms with E-state index < -0.39 is 0 Å². The van der Waals surface area contributed by atoms with E-state index in [9.17, 15) is 4.79 Å². The normalized spacial score (nSPS) is 19.5. The second-order valence-corrected chi connectivity index (χ2v) is 7.52. The van der Waals surface area contributed by atoms with Crippen molar-refractivity contribution in [3.8, 4) is 0 Å². The second kappa shape index (κ2) is 6.66. The van der Waals surface area contributed by atoms with E-state index in [0.717, 1.165) is 24.8 Å². The Bertz CT molecular complexity index is 642. The van der Waals surface area contributed by atoms with E-state index in [1.807, 2.05) is 23.1 Å². The lowest BCUT2D eigenvalue weighted by Gasteiger charge is -2.37. The molecule has 23 heavy (non-hydrogen) atoms. The van der Waals surface area contributed by atoms with Crippen molar-refractivity contribution in [3.05, 3.63) is 41.4 Å². The molecule has 2 aromatic rings. The third kappa shape index (κ3) is 3.69. The van der Waals surface area contributed by atoms with Crippen molar-refractivity contribution in [2.75, 3.05) is 5.32 Å². The van der Waals surface area contributed by atoms with Crippen LogP contribution in [-0.4, -0.2) is 27.2 Å². The Morgan fingerprint density at radius 3 is 2.78 bits per heavy atom. The summed E-state index contributed by atoms with van der Waals surface area (Å²) in [4.78, 5) is 14.8. The van der Waals surface area contributed by atoms with E-state index in [0.29, 0.717) is 11.7 Å². The molecule has 0 saturated heterocycles. The summed E-state index contributed by atoms with van der Waals surface area (Å²) >= 11 is 1.34. The van der Waals surface area contributed by atoms with Crippen molar-refractivity contribution in [1.82, 2.24) is 15.1 Å². The quantitative estimate of drug-likeness (QED) is 0.916. The highest BCUT2D eigenvalue weighted by Gasteiger charge is 2.40. The van der Waals surface area contributed by atoms with Crippen LogP contribution in [0.1, 0.15) is 38.7 Å². The van der Waals surface area contributed by atoms with Crippen LogP contribution >= 0.6 is 11.3 Å². The van der Waals surface area contributed by atoms with Gasteiger partial charge in [0.1, 0.15) is 5.51 Å². The van der Waals surface area contributed by atoms with Gasteiger partial charge in [0.2, 0.25) is 5.13 Å². The van der Waals surface area contributed by atoms with E-state index in [4.69, 9.17) is 0 Å². The zero-order chi connectivity index (χ0) is 16.3. The van der Waals surface area contributed by atoms with Gasteiger partial charge >= 0.3 is 6.03 Å². The molecule has 5 nitrogen and oxygen atoms in total. The molecule has 1 saturated carbocycles. The fourth-order valence-electron chi connectivity index (χ4n) is 3.38. The minimum Gasteiger partial charge on any atom is -0.317 e. The van der Waals surface area contributed by atoms with Crippen LogP contribution in [0.3, 0.4) is 0 Å². The number of hydrogen-bond acceptors (Lipinski definition) is 4. The lowest BCUT2D eigenvalue weighted by molar-refractivity contribution is 0.131. The van der Waals surface area contributed by atoms with Crippen molar-refractivity contribution in [2.24, 2.45) is 5.41 Å². The number of urea groups is 1. The first-order chi connectivity index (χ1) is 11.1.